The summed E-state index contributed by atoms with van der Waals surface area (Å²) in [5.74, 6) is 2.78. The van der Waals surface area contributed by atoms with Gasteiger partial charge in [-0.15, -0.1) is 0 Å². The Labute approximate surface area is 211 Å². The smallest absolute Gasteiger partial charge is 0.137 e. The number of likely N-dealkylation sites (N-methyl/N-ethyl adjacent to an activating group) is 2. The van der Waals surface area contributed by atoms with Gasteiger partial charge in [-0.25, -0.2) is 4.98 Å². The van der Waals surface area contributed by atoms with Crippen molar-refractivity contribution in [1.29, 1.82) is 0 Å². The van der Waals surface area contributed by atoms with Crippen LogP contribution in [0.25, 0.3) is 21.7 Å². The Kier molecular flexibility index (Phi) is 10.4. The van der Waals surface area contributed by atoms with Crippen LogP contribution in [-0.4, -0.2) is 80.4 Å². The number of anilines is 1. The number of nitrogens with zero attached hydrogens (tertiary/aromatic N) is 4. The Morgan fingerprint density at radius 3 is 1.63 bits per heavy atom. The monoisotopic (exact) mass is 480 g/mol. The summed E-state index contributed by atoms with van der Waals surface area (Å²) in [5.41, 5.74) is 0.968. The van der Waals surface area contributed by atoms with Crippen LogP contribution in [0, 0.1) is 0 Å². The maximum atomic E-state index is 6.15. The van der Waals surface area contributed by atoms with Crippen molar-refractivity contribution in [2.24, 2.45) is 0 Å². The van der Waals surface area contributed by atoms with Crippen molar-refractivity contribution in [2.75, 3.05) is 70.5 Å². The third kappa shape index (κ3) is 6.77. The minimum absolute atomic E-state index is 0.678. The van der Waals surface area contributed by atoms with Gasteiger partial charge >= 0.3 is 0 Å². The molecule has 0 saturated heterocycles. The molecule has 0 aliphatic carbocycles. The molecule has 0 spiro atoms. The van der Waals surface area contributed by atoms with Gasteiger partial charge in [-0.3, -0.25) is 0 Å². The van der Waals surface area contributed by atoms with E-state index in [0.717, 1.165) is 86.0 Å². The van der Waals surface area contributed by atoms with E-state index >= 15 is 0 Å². The molecule has 0 saturated carbocycles. The number of hydrogen-bond acceptors (Lipinski definition) is 6. The number of ether oxygens (including phenoxy) is 2. The van der Waals surface area contributed by atoms with E-state index in [0.29, 0.717) is 13.2 Å². The van der Waals surface area contributed by atoms with Crippen LogP contribution in [0.1, 0.15) is 41.5 Å². The molecule has 3 rings (SSSR count). The molecule has 2 aromatic carbocycles. The number of aromatic nitrogens is 1. The molecule has 192 valence electrons. The fourth-order valence-electron chi connectivity index (χ4n) is 4.56. The number of fused-ring (bicyclic) bond motifs is 3. The van der Waals surface area contributed by atoms with Crippen molar-refractivity contribution in [3.05, 3.63) is 36.4 Å². The van der Waals surface area contributed by atoms with Gasteiger partial charge in [0.1, 0.15) is 30.5 Å². The quantitative estimate of drug-likeness (QED) is 0.261. The van der Waals surface area contributed by atoms with Crippen molar-refractivity contribution in [2.45, 2.75) is 41.5 Å². The third-order valence-electron chi connectivity index (χ3n) is 6.92. The molecular formula is C29H44N4O2. The topological polar surface area (TPSA) is 41.1 Å². The van der Waals surface area contributed by atoms with Crippen LogP contribution in [0.4, 0.5) is 5.82 Å². The normalized spacial score (nSPS) is 11.7. The molecule has 0 amide bonds. The molecule has 0 atom stereocenters. The molecule has 6 heteroatoms. The Balaban J connectivity index is 1.92. The molecule has 1 heterocycles. The van der Waals surface area contributed by atoms with Gasteiger partial charge in [0, 0.05) is 43.0 Å². The molecule has 0 unspecified atom stereocenters. The van der Waals surface area contributed by atoms with Gasteiger partial charge in [0.15, 0.2) is 0 Å². The molecule has 1 aromatic heterocycles. The van der Waals surface area contributed by atoms with Crippen LogP contribution in [0.15, 0.2) is 36.4 Å². The average molecular weight is 481 g/mol. The van der Waals surface area contributed by atoms with Crippen LogP contribution in [0.5, 0.6) is 11.5 Å². The lowest BCUT2D eigenvalue weighted by Gasteiger charge is -2.23. The highest BCUT2D eigenvalue weighted by Gasteiger charge is 2.15. The molecule has 35 heavy (non-hydrogen) atoms. The van der Waals surface area contributed by atoms with Crippen LogP contribution < -0.4 is 14.4 Å². The van der Waals surface area contributed by atoms with Crippen LogP contribution in [-0.2, 0) is 0 Å². The summed E-state index contributed by atoms with van der Waals surface area (Å²) in [4.78, 5) is 12.2. The third-order valence-corrected chi connectivity index (χ3v) is 6.92. The Hall–Kier alpha value is -2.57. The fraction of sp³-hybridized carbons (Fsp3) is 0.552. The first-order valence-electron chi connectivity index (χ1n) is 13.4. The molecule has 0 radical (unpaired) electrons. The molecular weight excluding hydrogens is 436 g/mol. The van der Waals surface area contributed by atoms with Crippen LogP contribution >= 0.6 is 0 Å². The summed E-state index contributed by atoms with van der Waals surface area (Å²) in [7, 11) is 0. The number of pyridine rings is 1. The van der Waals surface area contributed by atoms with Gasteiger partial charge < -0.3 is 24.2 Å². The average Bonchev–Trinajstić information content (AvgIpc) is 2.89. The highest BCUT2D eigenvalue weighted by Crippen LogP contribution is 2.35. The lowest BCUT2D eigenvalue weighted by Crippen LogP contribution is -2.27. The first kappa shape index (κ1) is 27.0. The van der Waals surface area contributed by atoms with Crippen molar-refractivity contribution in [3.63, 3.8) is 0 Å². The summed E-state index contributed by atoms with van der Waals surface area (Å²) in [6, 6.07) is 12.7. The predicted octanol–water partition coefficient (Wildman–Crippen LogP) is 5.68. The summed E-state index contributed by atoms with van der Waals surface area (Å²) >= 11 is 0. The second kappa shape index (κ2) is 13.5. The molecule has 6 nitrogen and oxygen atoms in total. The highest BCUT2D eigenvalue weighted by molar-refractivity contribution is 6.10. The first-order chi connectivity index (χ1) is 17.1. The molecule has 0 fully saturated rings. The summed E-state index contributed by atoms with van der Waals surface area (Å²) in [6.45, 7) is 22.3. The largest absolute Gasteiger partial charge is 0.492 e. The molecule has 3 aromatic rings. The Morgan fingerprint density at radius 2 is 1.11 bits per heavy atom. The molecule has 0 aliphatic rings. The number of rotatable bonds is 15. The van der Waals surface area contributed by atoms with E-state index in [-0.39, 0.29) is 0 Å². The summed E-state index contributed by atoms with van der Waals surface area (Å²) in [5, 5.41) is 3.47. The van der Waals surface area contributed by atoms with E-state index in [1.54, 1.807) is 0 Å². The molecule has 0 bridgehead atoms. The highest BCUT2D eigenvalue weighted by atomic mass is 16.5. The van der Waals surface area contributed by atoms with E-state index in [1.165, 1.54) is 5.39 Å². The van der Waals surface area contributed by atoms with Gasteiger partial charge in [0.2, 0.25) is 0 Å². The van der Waals surface area contributed by atoms with E-state index in [1.807, 2.05) is 0 Å². The van der Waals surface area contributed by atoms with Gasteiger partial charge in [-0.05, 0) is 75.7 Å². The number of hydrogen-bond donors (Lipinski definition) is 0. The summed E-state index contributed by atoms with van der Waals surface area (Å²) < 4.78 is 12.2. The van der Waals surface area contributed by atoms with Crippen molar-refractivity contribution in [1.82, 2.24) is 14.8 Å². The maximum Gasteiger partial charge on any atom is 0.137 e. The van der Waals surface area contributed by atoms with Crippen molar-refractivity contribution < 1.29 is 9.47 Å². The van der Waals surface area contributed by atoms with Gasteiger partial charge in [-0.2, -0.15) is 0 Å². The van der Waals surface area contributed by atoms with Gasteiger partial charge in [0.05, 0.1) is 5.52 Å². The van der Waals surface area contributed by atoms with E-state index in [9.17, 15) is 0 Å². The van der Waals surface area contributed by atoms with Crippen molar-refractivity contribution >= 4 is 27.5 Å². The Morgan fingerprint density at radius 1 is 0.600 bits per heavy atom. The predicted molar refractivity (Wildman–Crippen MR) is 149 cm³/mol. The zero-order valence-electron chi connectivity index (χ0n) is 22.6. The van der Waals surface area contributed by atoms with Gasteiger partial charge in [0.25, 0.3) is 0 Å². The summed E-state index contributed by atoms with van der Waals surface area (Å²) in [6.07, 6.45) is 0. The molecule has 0 N–H and O–H groups in total. The number of benzene rings is 2. The minimum atomic E-state index is 0.678. The zero-order chi connectivity index (χ0) is 25.2. The fourth-order valence-corrected chi connectivity index (χ4v) is 4.56. The zero-order valence-corrected chi connectivity index (χ0v) is 22.6. The lowest BCUT2D eigenvalue weighted by atomic mass is 10.0. The standard InChI is InChI=1S/C29H44N4O2/c1-7-31(8-2)17-19-34-23-13-15-25-26-16-14-24(35-20-18-32(9-3)10-4)22-28(26)30-29(27(25)21-23)33(11-5)12-6/h13-16,21-22H,7-12,17-20H2,1-6H3. The van der Waals surface area contributed by atoms with Gasteiger partial charge in [-0.1, -0.05) is 27.7 Å². The van der Waals surface area contributed by atoms with Crippen molar-refractivity contribution in [3.8, 4) is 11.5 Å². The van der Waals surface area contributed by atoms with Crippen LogP contribution in [0.2, 0.25) is 0 Å². The minimum Gasteiger partial charge on any atom is -0.492 e. The molecule has 0 aliphatic heterocycles. The van der Waals surface area contributed by atoms with E-state index in [4.69, 9.17) is 14.5 Å². The first-order valence-corrected chi connectivity index (χ1v) is 13.4. The second-order valence-electron chi connectivity index (χ2n) is 8.74. The second-order valence-corrected chi connectivity index (χ2v) is 8.74. The maximum absolute atomic E-state index is 6.15. The van der Waals surface area contributed by atoms with E-state index in [2.05, 4.69) is 92.6 Å². The Bertz CT molecular complexity index is 1060. The lowest BCUT2D eigenvalue weighted by molar-refractivity contribution is 0.223. The van der Waals surface area contributed by atoms with E-state index < -0.39 is 0 Å². The SMILES string of the molecule is CCN(CC)CCOc1ccc2c(c1)nc(N(CC)CC)c1cc(OCCN(CC)CC)ccc12. The van der Waals surface area contributed by atoms with Crippen LogP contribution in [0.3, 0.4) is 0 Å².